The Labute approximate surface area is 124 Å². The van der Waals surface area contributed by atoms with E-state index in [1.165, 1.54) is 11.0 Å². The van der Waals surface area contributed by atoms with Crippen molar-refractivity contribution in [3.8, 4) is 0 Å². The van der Waals surface area contributed by atoms with E-state index in [9.17, 15) is 18.0 Å². The lowest BCUT2D eigenvalue weighted by atomic mass is 10.4. The summed E-state index contributed by atoms with van der Waals surface area (Å²) in [6.45, 7) is 0.0576. The minimum Gasteiger partial charge on any atom is -0.454 e. The Morgan fingerprint density at radius 1 is 1.32 bits per heavy atom. The Kier molecular flexibility index (Phi) is 4.34. The fourth-order valence-electron chi connectivity index (χ4n) is 1.58. The molecule has 0 radical (unpaired) electrons. The highest BCUT2D eigenvalue weighted by Gasteiger charge is 2.32. The molecule has 0 fully saturated rings. The number of carbonyl (C=O) groups is 1. The van der Waals surface area contributed by atoms with E-state index in [4.69, 9.17) is 4.42 Å². The smallest absolute Gasteiger partial charge is 0.433 e. The van der Waals surface area contributed by atoms with Crippen LogP contribution in [0.4, 0.5) is 19.1 Å². The first-order chi connectivity index (χ1) is 10.3. The Balaban J connectivity index is 2.03. The molecule has 0 spiro atoms. The minimum absolute atomic E-state index is 0.0576. The molecule has 0 saturated heterocycles. The van der Waals surface area contributed by atoms with E-state index in [0.29, 0.717) is 5.76 Å². The van der Waals surface area contributed by atoms with Gasteiger partial charge in [0.15, 0.2) is 5.76 Å². The van der Waals surface area contributed by atoms with Crippen LogP contribution in [0.25, 0.3) is 0 Å². The van der Waals surface area contributed by atoms with Gasteiger partial charge in [0.05, 0.1) is 6.54 Å². The van der Waals surface area contributed by atoms with Crippen molar-refractivity contribution >= 4 is 11.9 Å². The number of hydrogen-bond acceptors (Lipinski definition) is 5. The predicted octanol–water partition coefficient (Wildman–Crippen LogP) is 2.40. The number of nitrogens with one attached hydrogen (secondary N) is 1. The number of rotatable bonds is 4. The highest BCUT2D eigenvalue weighted by atomic mass is 19.4. The van der Waals surface area contributed by atoms with E-state index >= 15 is 0 Å². The lowest BCUT2D eigenvalue weighted by Gasteiger charge is -2.08. The minimum atomic E-state index is -4.53. The normalized spacial score (nSPS) is 11.3. The zero-order valence-corrected chi connectivity index (χ0v) is 11.8. The summed E-state index contributed by atoms with van der Waals surface area (Å²) < 4.78 is 42.9. The van der Waals surface area contributed by atoms with Crippen molar-refractivity contribution in [3.63, 3.8) is 0 Å². The van der Waals surface area contributed by atoms with Crippen molar-refractivity contribution in [2.75, 3.05) is 19.4 Å². The van der Waals surface area contributed by atoms with Crippen LogP contribution in [0.1, 0.15) is 22.0 Å². The second-order valence-corrected chi connectivity index (χ2v) is 4.58. The molecule has 0 atom stereocenters. The van der Waals surface area contributed by atoms with Gasteiger partial charge in [0.1, 0.15) is 11.5 Å². The third kappa shape index (κ3) is 3.74. The average Bonchev–Trinajstić information content (AvgIpc) is 2.92. The summed E-state index contributed by atoms with van der Waals surface area (Å²) in [5, 5.41) is 2.61. The van der Waals surface area contributed by atoms with Crippen LogP contribution in [-0.4, -0.2) is 34.9 Å². The molecule has 2 rings (SSSR count). The maximum absolute atomic E-state index is 12.5. The van der Waals surface area contributed by atoms with Crippen LogP contribution < -0.4 is 5.32 Å². The first-order valence-electron chi connectivity index (χ1n) is 6.22. The number of carbonyl (C=O) groups excluding carboxylic acids is 1. The molecule has 0 aliphatic carbocycles. The van der Waals surface area contributed by atoms with Crippen LogP contribution in [0.15, 0.2) is 28.8 Å². The highest BCUT2D eigenvalue weighted by molar-refractivity contribution is 5.91. The number of nitrogens with zero attached hydrogens (tertiary/aromatic N) is 3. The van der Waals surface area contributed by atoms with Crippen molar-refractivity contribution in [2.24, 2.45) is 0 Å². The summed E-state index contributed by atoms with van der Waals surface area (Å²) in [6, 6.07) is 3.83. The first kappa shape index (κ1) is 15.8. The molecule has 0 aromatic carbocycles. The molecular weight excluding hydrogens is 301 g/mol. The summed E-state index contributed by atoms with van der Waals surface area (Å²) in [4.78, 5) is 20.1. The van der Waals surface area contributed by atoms with Crippen LogP contribution >= 0.6 is 0 Å². The fourth-order valence-corrected chi connectivity index (χ4v) is 1.58. The Morgan fingerprint density at radius 2 is 2.05 bits per heavy atom. The van der Waals surface area contributed by atoms with Gasteiger partial charge in [0.2, 0.25) is 5.95 Å². The standard InChI is InChI=1S/C13H13F3N4O2/c1-20(2)11(21)9-4-3-8(22-9)7-18-12-17-6-5-10(19-12)13(14,15)16/h3-6H,7H2,1-2H3,(H,17,18,19). The van der Waals surface area contributed by atoms with Crippen LogP contribution in [0.2, 0.25) is 0 Å². The molecule has 118 valence electrons. The topological polar surface area (TPSA) is 71.3 Å². The molecule has 0 aliphatic rings. The van der Waals surface area contributed by atoms with Crippen molar-refractivity contribution in [1.82, 2.24) is 14.9 Å². The fraction of sp³-hybridized carbons (Fsp3) is 0.308. The van der Waals surface area contributed by atoms with E-state index in [1.54, 1.807) is 20.2 Å². The molecule has 0 saturated carbocycles. The van der Waals surface area contributed by atoms with Gasteiger partial charge in [-0.15, -0.1) is 0 Å². The maximum Gasteiger partial charge on any atom is 0.433 e. The third-order valence-corrected chi connectivity index (χ3v) is 2.65. The summed E-state index contributed by atoms with van der Waals surface area (Å²) in [6.07, 6.45) is -3.52. The monoisotopic (exact) mass is 314 g/mol. The third-order valence-electron chi connectivity index (χ3n) is 2.65. The van der Waals surface area contributed by atoms with E-state index in [0.717, 1.165) is 12.3 Å². The zero-order chi connectivity index (χ0) is 16.3. The largest absolute Gasteiger partial charge is 0.454 e. The van der Waals surface area contributed by atoms with Crippen LogP contribution in [0, 0.1) is 0 Å². The zero-order valence-electron chi connectivity index (χ0n) is 11.8. The molecule has 2 aromatic rings. The summed E-state index contributed by atoms with van der Waals surface area (Å²) in [7, 11) is 3.17. The molecule has 9 heteroatoms. The number of aromatic nitrogens is 2. The lowest BCUT2D eigenvalue weighted by molar-refractivity contribution is -0.141. The molecule has 0 unspecified atom stereocenters. The average molecular weight is 314 g/mol. The van der Waals surface area contributed by atoms with Crippen LogP contribution in [-0.2, 0) is 12.7 Å². The van der Waals surface area contributed by atoms with E-state index < -0.39 is 11.9 Å². The number of anilines is 1. The number of furan rings is 1. The number of alkyl halides is 3. The molecule has 6 nitrogen and oxygen atoms in total. The Morgan fingerprint density at radius 3 is 2.68 bits per heavy atom. The molecule has 1 amide bonds. The van der Waals surface area contributed by atoms with Gasteiger partial charge in [0, 0.05) is 20.3 Å². The van der Waals surface area contributed by atoms with Gasteiger partial charge in [-0.2, -0.15) is 13.2 Å². The molecule has 2 heterocycles. The molecular formula is C13H13F3N4O2. The van der Waals surface area contributed by atoms with Crippen molar-refractivity contribution < 1.29 is 22.4 Å². The lowest BCUT2D eigenvalue weighted by Crippen LogP contribution is -2.20. The maximum atomic E-state index is 12.5. The van der Waals surface area contributed by atoms with Gasteiger partial charge in [0.25, 0.3) is 5.91 Å². The van der Waals surface area contributed by atoms with Gasteiger partial charge in [-0.05, 0) is 18.2 Å². The Hall–Kier alpha value is -2.58. The highest BCUT2D eigenvalue weighted by Crippen LogP contribution is 2.27. The van der Waals surface area contributed by atoms with Gasteiger partial charge in [-0.1, -0.05) is 0 Å². The van der Waals surface area contributed by atoms with E-state index in [2.05, 4.69) is 15.3 Å². The van der Waals surface area contributed by atoms with E-state index in [1.807, 2.05) is 0 Å². The van der Waals surface area contributed by atoms with Gasteiger partial charge in [-0.3, -0.25) is 4.79 Å². The number of amides is 1. The van der Waals surface area contributed by atoms with Crippen molar-refractivity contribution in [1.29, 1.82) is 0 Å². The molecule has 1 N–H and O–H groups in total. The van der Waals surface area contributed by atoms with Crippen LogP contribution in [0.5, 0.6) is 0 Å². The summed E-state index contributed by atoms with van der Waals surface area (Å²) in [5.74, 6) is 0.0475. The van der Waals surface area contributed by atoms with Gasteiger partial charge < -0.3 is 14.6 Å². The molecule has 22 heavy (non-hydrogen) atoms. The molecule has 0 bridgehead atoms. The summed E-state index contributed by atoms with van der Waals surface area (Å²) in [5.41, 5.74) is -1.03. The second kappa shape index (κ2) is 6.04. The summed E-state index contributed by atoms with van der Waals surface area (Å²) >= 11 is 0. The second-order valence-electron chi connectivity index (χ2n) is 4.58. The van der Waals surface area contributed by atoms with Crippen molar-refractivity contribution in [2.45, 2.75) is 12.7 Å². The van der Waals surface area contributed by atoms with Gasteiger partial charge >= 0.3 is 6.18 Å². The van der Waals surface area contributed by atoms with E-state index in [-0.39, 0.29) is 24.2 Å². The van der Waals surface area contributed by atoms with Gasteiger partial charge in [-0.25, -0.2) is 9.97 Å². The van der Waals surface area contributed by atoms with Crippen molar-refractivity contribution in [3.05, 3.63) is 41.6 Å². The van der Waals surface area contributed by atoms with Crippen LogP contribution in [0.3, 0.4) is 0 Å². The molecule has 2 aromatic heterocycles. The number of halogens is 3. The SMILES string of the molecule is CN(C)C(=O)c1ccc(CNc2nccc(C(F)(F)F)n2)o1. The quantitative estimate of drug-likeness (QED) is 0.938. The Bertz CT molecular complexity index is 667. The first-order valence-corrected chi connectivity index (χ1v) is 6.22. The predicted molar refractivity (Wildman–Crippen MR) is 71.1 cm³/mol. The number of hydrogen-bond donors (Lipinski definition) is 1. The molecule has 0 aliphatic heterocycles.